The fraction of sp³-hybridized carbons (Fsp3) is 0.500. The number of carbonyl (C=O) groups is 1. The van der Waals surface area contributed by atoms with Crippen LogP contribution in [0, 0.1) is 0 Å². The highest BCUT2D eigenvalue weighted by atomic mass is 16.5. The average Bonchev–Trinajstić information content (AvgIpc) is 3.17. The molecular weight excluding hydrogens is 304 g/mol. The summed E-state index contributed by atoms with van der Waals surface area (Å²) in [4.78, 5) is 18.9. The summed E-state index contributed by atoms with van der Waals surface area (Å²) in [5.41, 5.74) is 2.44. The van der Waals surface area contributed by atoms with E-state index in [-0.39, 0.29) is 11.5 Å². The summed E-state index contributed by atoms with van der Waals surface area (Å²) in [5, 5.41) is 6.71. The molecule has 2 fully saturated rings. The van der Waals surface area contributed by atoms with E-state index in [9.17, 15) is 4.79 Å². The van der Waals surface area contributed by atoms with Crippen LogP contribution < -0.4 is 0 Å². The number of hydrogen-bond donors (Lipinski definition) is 1. The van der Waals surface area contributed by atoms with Crippen LogP contribution in [0.25, 0.3) is 11.1 Å². The molecule has 0 atom stereocenters. The van der Waals surface area contributed by atoms with Crippen LogP contribution in [0.4, 0.5) is 0 Å². The Morgan fingerprint density at radius 1 is 1.12 bits per heavy atom. The third kappa shape index (κ3) is 2.94. The van der Waals surface area contributed by atoms with Crippen LogP contribution in [0.1, 0.15) is 42.6 Å². The lowest BCUT2D eigenvalue weighted by atomic mass is 9.84. The summed E-state index contributed by atoms with van der Waals surface area (Å²) in [6, 6.07) is 3.72. The van der Waals surface area contributed by atoms with Crippen molar-refractivity contribution in [2.45, 2.75) is 37.7 Å². The summed E-state index contributed by atoms with van der Waals surface area (Å²) in [6.07, 6.45) is 10.7. The van der Waals surface area contributed by atoms with Crippen molar-refractivity contribution in [3.8, 4) is 11.1 Å². The second-order valence-electron chi connectivity index (χ2n) is 6.70. The lowest BCUT2D eigenvalue weighted by Crippen LogP contribution is -2.49. The third-order valence-corrected chi connectivity index (χ3v) is 5.21. The molecule has 2 aliphatic heterocycles. The van der Waals surface area contributed by atoms with Crippen LogP contribution in [-0.2, 0) is 4.74 Å². The molecule has 24 heavy (non-hydrogen) atoms. The highest BCUT2D eigenvalue weighted by molar-refractivity contribution is 5.92. The molecule has 0 unspecified atom stereocenters. The van der Waals surface area contributed by atoms with E-state index in [0.717, 1.165) is 56.5 Å². The summed E-state index contributed by atoms with van der Waals surface area (Å²) in [5.74, 6) is 0.0133. The monoisotopic (exact) mass is 326 g/mol. The molecule has 2 aliphatic rings. The molecule has 4 heterocycles. The number of piperidine rings is 1. The van der Waals surface area contributed by atoms with E-state index in [1.165, 1.54) is 6.42 Å². The van der Waals surface area contributed by atoms with E-state index in [1.54, 1.807) is 18.5 Å². The van der Waals surface area contributed by atoms with Gasteiger partial charge in [0.25, 0.3) is 5.91 Å². The molecule has 126 valence electrons. The zero-order valence-corrected chi connectivity index (χ0v) is 13.7. The van der Waals surface area contributed by atoms with E-state index in [2.05, 4.69) is 15.2 Å². The Balaban J connectivity index is 1.41. The van der Waals surface area contributed by atoms with Crippen molar-refractivity contribution in [1.82, 2.24) is 20.1 Å². The number of carbonyl (C=O) groups excluding carboxylic acids is 1. The van der Waals surface area contributed by atoms with Gasteiger partial charge in [0.2, 0.25) is 0 Å². The van der Waals surface area contributed by atoms with Crippen molar-refractivity contribution in [3.63, 3.8) is 0 Å². The maximum absolute atomic E-state index is 12.7. The van der Waals surface area contributed by atoms with E-state index in [0.29, 0.717) is 5.69 Å². The smallest absolute Gasteiger partial charge is 0.272 e. The van der Waals surface area contributed by atoms with Crippen molar-refractivity contribution in [1.29, 1.82) is 0 Å². The number of H-pyrrole nitrogens is 1. The summed E-state index contributed by atoms with van der Waals surface area (Å²) >= 11 is 0. The Morgan fingerprint density at radius 3 is 2.62 bits per heavy atom. The van der Waals surface area contributed by atoms with Gasteiger partial charge in [-0.15, -0.1) is 0 Å². The minimum Gasteiger partial charge on any atom is -0.375 e. The van der Waals surface area contributed by atoms with Gasteiger partial charge >= 0.3 is 0 Å². The number of amides is 1. The van der Waals surface area contributed by atoms with Gasteiger partial charge in [0, 0.05) is 43.2 Å². The van der Waals surface area contributed by atoms with Gasteiger partial charge in [0.05, 0.1) is 11.8 Å². The fourth-order valence-corrected chi connectivity index (χ4v) is 3.68. The van der Waals surface area contributed by atoms with Crippen molar-refractivity contribution in [2.75, 3.05) is 19.7 Å². The van der Waals surface area contributed by atoms with Crippen molar-refractivity contribution in [2.24, 2.45) is 0 Å². The second-order valence-corrected chi connectivity index (χ2v) is 6.70. The molecule has 1 N–H and O–H groups in total. The Labute approximate surface area is 141 Å². The van der Waals surface area contributed by atoms with Crippen LogP contribution >= 0.6 is 0 Å². The molecule has 0 aromatic carbocycles. The Bertz CT molecular complexity index is 680. The molecule has 1 amide bonds. The molecule has 2 aromatic rings. The molecule has 6 heteroatoms. The number of aromatic nitrogens is 3. The van der Waals surface area contributed by atoms with Gasteiger partial charge in [-0.2, -0.15) is 5.10 Å². The standard InChI is InChI=1S/C18H22N4O2/c23-17(16-4-3-14(11-19-16)15-12-20-21-13-15)22-8-6-18(7-9-22)5-1-2-10-24-18/h3-4,11-13H,1-2,5-10H2,(H,20,21). The van der Waals surface area contributed by atoms with Crippen LogP contribution in [0.2, 0.25) is 0 Å². The van der Waals surface area contributed by atoms with Crippen molar-refractivity contribution >= 4 is 5.91 Å². The molecular formula is C18H22N4O2. The first kappa shape index (κ1) is 15.3. The first-order chi connectivity index (χ1) is 11.8. The molecule has 1 spiro atoms. The first-order valence-electron chi connectivity index (χ1n) is 8.64. The predicted octanol–water partition coefficient (Wildman–Crippen LogP) is 2.65. The van der Waals surface area contributed by atoms with Gasteiger partial charge in [-0.25, -0.2) is 0 Å². The number of ether oxygens (including phenoxy) is 1. The highest BCUT2D eigenvalue weighted by Gasteiger charge is 2.38. The Hall–Kier alpha value is -2.21. The topological polar surface area (TPSA) is 71.1 Å². The highest BCUT2D eigenvalue weighted by Crippen LogP contribution is 2.35. The lowest BCUT2D eigenvalue weighted by Gasteiger charge is -2.43. The van der Waals surface area contributed by atoms with E-state index < -0.39 is 0 Å². The van der Waals surface area contributed by atoms with E-state index in [1.807, 2.05) is 17.2 Å². The Morgan fingerprint density at radius 2 is 2.00 bits per heavy atom. The quantitative estimate of drug-likeness (QED) is 0.921. The number of rotatable bonds is 2. The maximum Gasteiger partial charge on any atom is 0.272 e. The molecule has 6 nitrogen and oxygen atoms in total. The van der Waals surface area contributed by atoms with Crippen LogP contribution in [0.15, 0.2) is 30.7 Å². The van der Waals surface area contributed by atoms with Gasteiger partial charge in [-0.05, 0) is 38.2 Å². The largest absolute Gasteiger partial charge is 0.375 e. The summed E-state index contributed by atoms with van der Waals surface area (Å²) in [6.45, 7) is 2.37. The minimum atomic E-state index is 0.0133. The number of nitrogens with zero attached hydrogens (tertiary/aromatic N) is 3. The SMILES string of the molecule is O=C(c1ccc(-c2cn[nH]c2)cn1)N1CCC2(CCCCO2)CC1. The van der Waals surface area contributed by atoms with Gasteiger partial charge in [-0.3, -0.25) is 14.9 Å². The molecule has 0 radical (unpaired) electrons. The second kappa shape index (κ2) is 6.36. The number of aromatic amines is 1. The fourth-order valence-electron chi connectivity index (χ4n) is 3.68. The molecule has 0 saturated carbocycles. The third-order valence-electron chi connectivity index (χ3n) is 5.21. The number of likely N-dealkylation sites (tertiary alicyclic amines) is 1. The summed E-state index contributed by atoms with van der Waals surface area (Å²) < 4.78 is 6.03. The number of hydrogen-bond acceptors (Lipinski definition) is 4. The number of pyridine rings is 1. The normalized spacial score (nSPS) is 20.2. The average molecular weight is 326 g/mol. The van der Waals surface area contributed by atoms with Crippen molar-refractivity contribution < 1.29 is 9.53 Å². The number of nitrogens with one attached hydrogen (secondary N) is 1. The maximum atomic E-state index is 12.7. The van der Waals surface area contributed by atoms with E-state index in [4.69, 9.17) is 4.74 Å². The zero-order valence-electron chi connectivity index (χ0n) is 13.7. The van der Waals surface area contributed by atoms with Gasteiger partial charge in [0.15, 0.2) is 0 Å². The predicted molar refractivity (Wildman–Crippen MR) is 89.5 cm³/mol. The van der Waals surface area contributed by atoms with Crippen LogP contribution in [-0.4, -0.2) is 51.3 Å². The van der Waals surface area contributed by atoms with Crippen molar-refractivity contribution in [3.05, 3.63) is 36.4 Å². The van der Waals surface area contributed by atoms with Crippen LogP contribution in [0.5, 0.6) is 0 Å². The van der Waals surface area contributed by atoms with Crippen LogP contribution in [0.3, 0.4) is 0 Å². The molecule has 2 saturated heterocycles. The van der Waals surface area contributed by atoms with E-state index >= 15 is 0 Å². The molecule has 4 rings (SSSR count). The molecule has 2 aromatic heterocycles. The molecule has 0 aliphatic carbocycles. The van der Waals surface area contributed by atoms with Gasteiger partial charge in [0.1, 0.15) is 5.69 Å². The Kier molecular flexibility index (Phi) is 4.06. The first-order valence-corrected chi connectivity index (χ1v) is 8.64. The van der Waals surface area contributed by atoms with Gasteiger partial charge < -0.3 is 9.64 Å². The summed E-state index contributed by atoms with van der Waals surface area (Å²) in [7, 11) is 0. The van der Waals surface area contributed by atoms with Gasteiger partial charge in [-0.1, -0.05) is 6.07 Å². The zero-order chi connectivity index (χ0) is 16.4. The minimum absolute atomic E-state index is 0.0133. The molecule has 0 bridgehead atoms. The lowest BCUT2D eigenvalue weighted by molar-refractivity contribution is -0.107.